The van der Waals surface area contributed by atoms with Crippen LogP contribution in [0.3, 0.4) is 0 Å². The number of piperidine rings is 1. The summed E-state index contributed by atoms with van der Waals surface area (Å²) in [7, 11) is 0. The van der Waals surface area contributed by atoms with Crippen molar-refractivity contribution in [3.05, 3.63) is 0 Å². The molecule has 2 aliphatic rings. The van der Waals surface area contributed by atoms with Crippen molar-refractivity contribution in [2.75, 3.05) is 6.54 Å². The van der Waals surface area contributed by atoms with Crippen LogP contribution in [0.4, 0.5) is 0 Å². The Hall–Kier alpha value is -0.0800. The van der Waals surface area contributed by atoms with Crippen LogP contribution in [0.1, 0.15) is 39.5 Å². The summed E-state index contributed by atoms with van der Waals surface area (Å²) in [5.41, 5.74) is 6.33. The lowest BCUT2D eigenvalue weighted by Gasteiger charge is -2.45. The minimum atomic E-state index is 0.360. The first-order valence-corrected chi connectivity index (χ1v) is 5.12. The summed E-state index contributed by atoms with van der Waals surface area (Å²) in [4.78, 5) is 2.66. The van der Waals surface area contributed by atoms with Crippen molar-refractivity contribution in [1.29, 1.82) is 0 Å². The van der Waals surface area contributed by atoms with Crippen molar-refractivity contribution >= 4 is 0 Å². The number of likely N-dealkylation sites (tertiary alicyclic amines) is 1. The molecule has 1 unspecified atom stereocenters. The molecule has 0 radical (unpaired) electrons. The molecule has 1 saturated heterocycles. The molecule has 2 fully saturated rings. The fourth-order valence-electron chi connectivity index (χ4n) is 2.53. The molecule has 1 aliphatic carbocycles. The lowest BCUT2D eigenvalue weighted by atomic mass is 9.87. The molecule has 1 aliphatic heterocycles. The molecule has 0 aromatic heterocycles. The van der Waals surface area contributed by atoms with E-state index in [-0.39, 0.29) is 0 Å². The second kappa shape index (κ2) is 2.71. The summed E-state index contributed by atoms with van der Waals surface area (Å²) in [5, 5.41) is 0. The Labute approximate surface area is 75.1 Å². The maximum atomic E-state index is 5.97. The molecule has 1 saturated carbocycles. The minimum Gasteiger partial charge on any atom is -0.328 e. The molecule has 1 atom stereocenters. The van der Waals surface area contributed by atoms with E-state index in [1.54, 1.807) is 0 Å². The summed E-state index contributed by atoms with van der Waals surface area (Å²) in [6, 6.07) is 1.34. The fourth-order valence-corrected chi connectivity index (χ4v) is 2.53. The first-order valence-electron chi connectivity index (χ1n) is 5.12. The second-order valence-corrected chi connectivity index (χ2v) is 4.99. The topological polar surface area (TPSA) is 29.3 Å². The Morgan fingerprint density at radius 2 is 1.92 bits per heavy atom. The average Bonchev–Trinajstić information content (AvgIpc) is 2.67. The maximum Gasteiger partial charge on any atom is 0.0170 e. The molecule has 2 nitrogen and oxygen atoms in total. The van der Waals surface area contributed by atoms with Gasteiger partial charge in [0.2, 0.25) is 0 Å². The van der Waals surface area contributed by atoms with Crippen molar-refractivity contribution < 1.29 is 0 Å². The van der Waals surface area contributed by atoms with E-state index in [1.807, 2.05) is 0 Å². The Balaban J connectivity index is 2.03. The third kappa shape index (κ3) is 1.50. The van der Waals surface area contributed by atoms with Crippen LogP contribution in [-0.2, 0) is 0 Å². The monoisotopic (exact) mass is 168 g/mol. The van der Waals surface area contributed by atoms with Crippen LogP contribution in [0.15, 0.2) is 0 Å². The third-order valence-corrected chi connectivity index (χ3v) is 3.27. The number of hydrogen-bond acceptors (Lipinski definition) is 2. The van der Waals surface area contributed by atoms with Gasteiger partial charge in [-0.1, -0.05) is 0 Å². The van der Waals surface area contributed by atoms with Crippen LogP contribution in [0, 0.1) is 0 Å². The Morgan fingerprint density at radius 1 is 1.25 bits per heavy atom. The van der Waals surface area contributed by atoms with E-state index >= 15 is 0 Å². The average molecular weight is 168 g/mol. The first kappa shape index (κ1) is 8.52. The molecule has 70 valence electrons. The Kier molecular flexibility index (Phi) is 1.92. The van der Waals surface area contributed by atoms with Crippen molar-refractivity contribution in [3.8, 4) is 0 Å². The number of nitrogens with zero attached hydrogens (tertiary/aromatic N) is 1. The highest BCUT2D eigenvalue weighted by Gasteiger charge is 2.41. The summed E-state index contributed by atoms with van der Waals surface area (Å²) < 4.78 is 0. The Morgan fingerprint density at radius 3 is 2.42 bits per heavy atom. The predicted octanol–water partition coefficient (Wildman–Crippen LogP) is 1.35. The van der Waals surface area contributed by atoms with Crippen LogP contribution in [-0.4, -0.2) is 29.1 Å². The van der Waals surface area contributed by atoms with Gasteiger partial charge in [-0.3, -0.25) is 4.90 Å². The van der Waals surface area contributed by atoms with E-state index in [1.165, 1.54) is 32.2 Å². The molecule has 2 N–H and O–H groups in total. The van der Waals surface area contributed by atoms with Gasteiger partial charge in [0.05, 0.1) is 0 Å². The second-order valence-electron chi connectivity index (χ2n) is 4.99. The number of nitrogens with two attached hydrogens (primary N) is 1. The normalized spacial score (nSPS) is 36.8. The molecule has 12 heavy (non-hydrogen) atoms. The van der Waals surface area contributed by atoms with Gasteiger partial charge >= 0.3 is 0 Å². The van der Waals surface area contributed by atoms with Crippen LogP contribution in [0.5, 0.6) is 0 Å². The smallest absolute Gasteiger partial charge is 0.0170 e. The molecule has 0 amide bonds. The molecule has 0 aromatic rings. The summed E-state index contributed by atoms with van der Waals surface area (Å²) >= 11 is 0. The largest absolute Gasteiger partial charge is 0.328 e. The van der Waals surface area contributed by atoms with Gasteiger partial charge in [0.15, 0.2) is 0 Å². The molecule has 1 heterocycles. The van der Waals surface area contributed by atoms with Crippen LogP contribution >= 0.6 is 0 Å². The van der Waals surface area contributed by atoms with E-state index in [0.717, 1.165) is 6.04 Å². The highest BCUT2D eigenvalue weighted by molar-refractivity contribution is 4.98. The van der Waals surface area contributed by atoms with Gasteiger partial charge in [0.25, 0.3) is 0 Å². The quantitative estimate of drug-likeness (QED) is 0.640. The van der Waals surface area contributed by atoms with E-state index in [0.29, 0.717) is 11.6 Å². The lowest BCUT2D eigenvalue weighted by molar-refractivity contribution is 0.0589. The fraction of sp³-hybridized carbons (Fsp3) is 1.00. The zero-order valence-corrected chi connectivity index (χ0v) is 8.21. The van der Waals surface area contributed by atoms with Crippen molar-refractivity contribution in [2.45, 2.75) is 57.2 Å². The zero-order valence-electron chi connectivity index (χ0n) is 8.21. The summed E-state index contributed by atoms with van der Waals surface area (Å²) in [6.45, 7) is 5.90. The summed E-state index contributed by atoms with van der Waals surface area (Å²) in [6.07, 6.45) is 5.20. The van der Waals surface area contributed by atoms with Gasteiger partial charge in [-0.05, 0) is 39.5 Å². The third-order valence-electron chi connectivity index (χ3n) is 3.27. The van der Waals surface area contributed by atoms with E-state index < -0.39 is 0 Å². The molecule has 2 rings (SSSR count). The van der Waals surface area contributed by atoms with Gasteiger partial charge < -0.3 is 5.73 Å². The molecule has 0 aromatic carbocycles. The van der Waals surface area contributed by atoms with Crippen LogP contribution < -0.4 is 5.73 Å². The predicted molar refractivity (Wildman–Crippen MR) is 51.0 cm³/mol. The molecule has 2 heteroatoms. The summed E-state index contributed by atoms with van der Waals surface area (Å²) in [5.74, 6) is 0. The van der Waals surface area contributed by atoms with Crippen molar-refractivity contribution in [1.82, 2.24) is 4.90 Å². The van der Waals surface area contributed by atoms with Gasteiger partial charge in [-0.25, -0.2) is 0 Å². The number of hydrogen-bond donors (Lipinski definition) is 1. The van der Waals surface area contributed by atoms with E-state index in [2.05, 4.69) is 18.7 Å². The van der Waals surface area contributed by atoms with Crippen molar-refractivity contribution in [3.63, 3.8) is 0 Å². The standard InChI is InChI=1S/C10H20N2/c1-10(2)7-8(11)5-6-12(10)9-3-4-9/h8-9H,3-7,11H2,1-2H3. The number of rotatable bonds is 1. The van der Waals surface area contributed by atoms with E-state index in [4.69, 9.17) is 5.73 Å². The highest BCUT2D eigenvalue weighted by Crippen LogP contribution is 2.37. The molecule has 0 spiro atoms. The lowest BCUT2D eigenvalue weighted by Crippen LogP contribution is -2.54. The minimum absolute atomic E-state index is 0.360. The van der Waals surface area contributed by atoms with E-state index in [9.17, 15) is 0 Å². The first-order chi connectivity index (χ1) is 5.59. The molecular weight excluding hydrogens is 148 g/mol. The van der Waals surface area contributed by atoms with Gasteiger partial charge in [0, 0.05) is 24.2 Å². The zero-order chi connectivity index (χ0) is 8.77. The molecular formula is C10H20N2. The van der Waals surface area contributed by atoms with Crippen molar-refractivity contribution in [2.24, 2.45) is 5.73 Å². The van der Waals surface area contributed by atoms with Gasteiger partial charge in [-0.2, -0.15) is 0 Å². The van der Waals surface area contributed by atoms with Crippen LogP contribution in [0.2, 0.25) is 0 Å². The van der Waals surface area contributed by atoms with Crippen LogP contribution in [0.25, 0.3) is 0 Å². The highest BCUT2D eigenvalue weighted by atomic mass is 15.2. The molecule has 0 bridgehead atoms. The van der Waals surface area contributed by atoms with Gasteiger partial charge in [-0.15, -0.1) is 0 Å². The maximum absolute atomic E-state index is 5.97. The SMILES string of the molecule is CC1(C)CC(N)CCN1C1CC1. The van der Waals surface area contributed by atoms with Gasteiger partial charge in [0.1, 0.15) is 0 Å². The Bertz CT molecular complexity index is 173.